The molecular weight excluding hydrogens is 248 g/mol. The maximum atomic E-state index is 10.4. The van der Waals surface area contributed by atoms with Crippen LogP contribution in [-0.4, -0.2) is 11.2 Å². The van der Waals surface area contributed by atoms with Gasteiger partial charge in [-0.3, -0.25) is 0 Å². The average Bonchev–Trinajstić information content (AvgIpc) is 2.37. The van der Waals surface area contributed by atoms with E-state index in [1.807, 2.05) is 19.9 Å². The Hall–Kier alpha value is -1.44. The fraction of sp³-hybridized carbons (Fsp3) is 0.556. The number of hydrogen-bond acceptors (Lipinski definition) is 2. The van der Waals surface area contributed by atoms with Gasteiger partial charge in [-0.2, -0.15) is 0 Å². The SMILES string of the molecule is CCc1cc(O)c(C2=C[C@H](C)CCC2)c(OC(C)C)c1. The van der Waals surface area contributed by atoms with Crippen LogP contribution >= 0.6 is 0 Å². The Kier molecular flexibility index (Phi) is 4.74. The monoisotopic (exact) mass is 274 g/mol. The highest BCUT2D eigenvalue weighted by molar-refractivity contribution is 5.76. The van der Waals surface area contributed by atoms with E-state index in [0.717, 1.165) is 29.7 Å². The molecule has 0 bridgehead atoms. The second kappa shape index (κ2) is 6.34. The van der Waals surface area contributed by atoms with Crippen molar-refractivity contribution in [3.05, 3.63) is 29.3 Å². The summed E-state index contributed by atoms with van der Waals surface area (Å²) in [4.78, 5) is 0. The zero-order valence-electron chi connectivity index (χ0n) is 13.1. The van der Waals surface area contributed by atoms with Crippen LogP contribution < -0.4 is 4.74 Å². The Morgan fingerprint density at radius 1 is 1.35 bits per heavy atom. The lowest BCUT2D eigenvalue weighted by Crippen LogP contribution is -2.09. The quantitative estimate of drug-likeness (QED) is 0.842. The molecule has 1 atom stereocenters. The molecule has 0 heterocycles. The van der Waals surface area contributed by atoms with E-state index in [9.17, 15) is 5.11 Å². The van der Waals surface area contributed by atoms with E-state index in [1.165, 1.54) is 18.4 Å². The lowest BCUT2D eigenvalue weighted by molar-refractivity contribution is 0.240. The molecule has 1 N–H and O–H groups in total. The van der Waals surface area contributed by atoms with Crippen LogP contribution in [0.2, 0.25) is 0 Å². The molecule has 0 aromatic heterocycles. The van der Waals surface area contributed by atoms with Crippen LogP contribution in [0.5, 0.6) is 11.5 Å². The van der Waals surface area contributed by atoms with Gasteiger partial charge in [0.25, 0.3) is 0 Å². The summed E-state index contributed by atoms with van der Waals surface area (Å²) in [7, 11) is 0. The Balaban J connectivity index is 2.49. The van der Waals surface area contributed by atoms with Crippen LogP contribution in [0.15, 0.2) is 18.2 Å². The molecule has 0 fully saturated rings. The molecule has 1 aliphatic rings. The molecule has 1 aromatic rings. The minimum absolute atomic E-state index is 0.113. The molecule has 1 aromatic carbocycles. The second-order valence-electron chi connectivity index (χ2n) is 6.07. The fourth-order valence-corrected chi connectivity index (χ4v) is 2.86. The van der Waals surface area contributed by atoms with E-state index in [4.69, 9.17) is 4.74 Å². The minimum atomic E-state index is 0.113. The Morgan fingerprint density at radius 3 is 2.70 bits per heavy atom. The number of aryl methyl sites for hydroxylation is 1. The predicted octanol–water partition coefficient (Wildman–Crippen LogP) is 4.95. The molecular formula is C18H26O2. The zero-order chi connectivity index (χ0) is 14.7. The molecule has 2 nitrogen and oxygen atoms in total. The lowest BCUT2D eigenvalue weighted by Gasteiger charge is -2.23. The Labute approximate surface area is 122 Å². The largest absolute Gasteiger partial charge is 0.507 e. The number of hydrogen-bond donors (Lipinski definition) is 1. The third-order valence-corrected chi connectivity index (χ3v) is 3.82. The van der Waals surface area contributed by atoms with E-state index >= 15 is 0 Å². The summed E-state index contributed by atoms with van der Waals surface area (Å²) in [5, 5.41) is 10.4. The van der Waals surface area contributed by atoms with Gasteiger partial charge in [0.2, 0.25) is 0 Å². The summed E-state index contributed by atoms with van der Waals surface area (Å²) >= 11 is 0. The van der Waals surface area contributed by atoms with Crippen molar-refractivity contribution >= 4 is 5.57 Å². The first-order valence-electron chi connectivity index (χ1n) is 7.74. The number of ether oxygens (including phenoxy) is 1. The van der Waals surface area contributed by atoms with Crippen molar-refractivity contribution in [2.24, 2.45) is 5.92 Å². The third-order valence-electron chi connectivity index (χ3n) is 3.82. The summed E-state index contributed by atoms with van der Waals surface area (Å²) in [6.07, 6.45) is 6.75. The number of phenols is 1. The van der Waals surface area contributed by atoms with Crippen LogP contribution in [0.1, 0.15) is 58.1 Å². The second-order valence-corrected chi connectivity index (χ2v) is 6.07. The van der Waals surface area contributed by atoms with Crippen molar-refractivity contribution in [3.8, 4) is 11.5 Å². The molecule has 20 heavy (non-hydrogen) atoms. The fourth-order valence-electron chi connectivity index (χ4n) is 2.86. The van der Waals surface area contributed by atoms with Gasteiger partial charge in [-0.25, -0.2) is 0 Å². The van der Waals surface area contributed by atoms with Gasteiger partial charge in [-0.1, -0.05) is 19.9 Å². The molecule has 0 saturated heterocycles. The van der Waals surface area contributed by atoms with Gasteiger partial charge in [-0.15, -0.1) is 0 Å². The number of benzene rings is 1. The summed E-state index contributed by atoms with van der Waals surface area (Å²) in [5.74, 6) is 1.77. The van der Waals surface area contributed by atoms with Gasteiger partial charge in [0, 0.05) is 0 Å². The van der Waals surface area contributed by atoms with Gasteiger partial charge < -0.3 is 9.84 Å². The predicted molar refractivity (Wildman–Crippen MR) is 84.2 cm³/mol. The van der Waals surface area contributed by atoms with Gasteiger partial charge in [0.15, 0.2) is 0 Å². The molecule has 0 saturated carbocycles. The van der Waals surface area contributed by atoms with Crippen LogP contribution in [0, 0.1) is 5.92 Å². The minimum Gasteiger partial charge on any atom is -0.507 e. The molecule has 2 rings (SSSR count). The van der Waals surface area contributed by atoms with Crippen molar-refractivity contribution in [1.29, 1.82) is 0 Å². The van der Waals surface area contributed by atoms with Crippen LogP contribution in [0.4, 0.5) is 0 Å². The van der Waals surface area contributed by atoms with Crippen molar-refractivity contribution < 1.29 is 9.84 Å². The smallest absolute Gasteiger partial charge is 0.131 e. The molecule has 0 spiro atoms. The number of rotatable bonds is 4. The zero-order valence-corrected chi connectivity index (χ0v) is 13.1. The first kappa shape index (κ1) is 15.0. The van der Waals surface area contributed by atoms with Gasteiger partial charge in [-0.05, 0) is 68.7 Å². The summed E-state index contributed by atoms with van der Waals surface area (Å²) < 4.78 is 5.96. The van der Waals surface area contributed by atoms with E-state index in [2.05, 4.69) is 26.0 Å². The Bertz CT molecular complexity index is 500. The van der Waals surface area contributed by atoms with Crippen molar-refractivity contribution in [3.63, 3.8) is 0 Å². The number of allylic oxidation sites excluding steroid dienone is 2. The first-order valence-corrected chi connectivity index (χ1v) is 7.74. The highest BCUT2D eigenvalue weighted by atomic mass is 16.5. The van der Waals surface area contributed by atoms with Crippen LogP contribution in [0.25, 0.3) is 5.57 Å². The number of aromatic hydroxyl groups is 1. The molecule has 110 valence electrons. The van der Waals surface area contributed by atoms with Crippen LogP contribution in [0.3, 0.4) is 0 Å². The number of phenolic OH excluding ortho intramolecular Hbond substituents is 1. The normalized spacial score (nSPS) is 19.1. The van der Waals surface area contributed by atoms with Gasteiger partial charge in [0.1, 0.15) is 11.5 Å². The van der Waals surface area contributed by atoms with Crippen LogP contribution in [-0.2, 0) is 6.42 Å². The first-order chi connectivity index (χ1) is 9.51. The molecule has 0 aliphatic heterocycles. The lowest BCUT2D eigenvalue weighted by atomic mass is 9.87. The highest BCUT2D eigenvalue weighted by Crippen LogP contribution is 2.41. The van der Waals surface area contributed by atoms with Gasteiger partial charge >= 0.3 is 0 Å². The average molecular weight is 274 g/mol. The van der Waals surface area contributed by atoms with E-state index in [1.54, 1.807) is 0 Å². The molecule has 0 radical (unpaired) electrons. The molecule has 0 unspecified atom stereocenters. The topological polar surface area (TPSA) is 29.5 Å². The molecule has 1 aliphatic carbocycles. The standard InChI is InChI=1S/C18H26O2/c1-5-14-10-16(19)18(17(11-14)20-12(2)3)15-8-6-7-13(4)9-15/h9-13,19H,5-8H2,1-4H3/t13-/m1/s1. The molecule has 0 amide bonds. The third kappa shape index (κ3) is 3.36. The van der Waals surface area contributed by atoms with Gasteiger partial charge in [0.05, 0.1) is 11.7 Å². The van der Waals surface area contributed by atoms with Crippen molar-refractivity contribution in [2.45, 2.75) is 59.5 Å². The molecule has 2 heteroatoms. The van der Waals surface area contributed by atoms with E-state index in [-0.39, 0.29) is 6.10 Å². The highest BCUT2D eigenvalue weighted by Gasteiger charge is 2.19. The van der Waals surface area contributed by atoms with Crippen molar-refractivity contribution in [2.75, 3.05) is 0 Å². The maximum absolute atomic E-state index is 10.4. The van der Waals surface area contributed by atoms with E-state index in [0.29, 0.717) is 11.7 Å². The maximum Gasteiger partial charge on any atom is 0.131 e. The van der Waals surface area contributed by atoms with Crippen molar-refractivity contribution in [1.82, 2.24) is 0 Å². The Morgan fingerprint density at radius 2 is 2.10 bits per heavy atom. The summed E-state index contributed by atoms with van der Waals surface area (Å²) in [6.45, 7) is 8.38. The van der Waals surface area contributed by atoms with E-state index < -0.39 is 0 Å². The summed E-state index contributed by atoms with van der Waals surface area (Å²) in [6, 6.07) is 3.96. The summed E-state index contributed by atoms with van der Waals surface area (Å²) in [5.41, 5.74) is 3.26.